The minimum absolute atomic E-state index is 0.241. The summed E-state index contributed by atoms with van der Waals surface area (Å²) in [5.74, 6) is -1.45. The molecule has 0 saturated carbocycles. The zero-order valence-electron chi connectivity index (χ0n) is 16.0. The van der Waals surface area contributed by atoms with Crippen LogP contribution in [-0.2, 0) is 17.9 Å². The SMILES string of the molecule is Cc1c(-c2ccc(=O)n(Cc3ccc(Cl)cc3)n2)c2cc(F)ccc2n1CC(=O)O. The summed E-state index contributed by atoms with van der Waals surface area (Å²) in [5, 5.41) is 14.9. The van der Waals surface area contributed by atoms with Crippen molar-refractivity contribution in [2.45, 2.75) is 20.0 Å². The molecule has 152 valence electrons. The number of carbonyl (C=O) groups is 1. The van der Waals surface area contributed by atoms with Gasteiger partial charge in [0.1, 0.15) is 12.4 Å². The van der Waals surface area contributed by atoms with Crippen molar-refractivity contribution in [1.82, 2.24) is 14.3 Å². The van der Waals surface area contributed by atoms with Crippen molar-refractivity contribution >= 4 is 28.5 Å². The maximum absolute atomic E-state index is 14.0. The molecule has 0 atom stereocenters. The lowest BCUT2D eigenvalue weighted by Gasteiger charge is -2.09. The van der Waals surface area contributed by atoms with Crippen molar-refractivity contribution in [3.8, 4) is 11.3 Å². The lowest BCUT2D eigenvalue weighted by atomic mass is 10.1. The van der Waals surface area contributed by atoms with Crippen LogP contribution in [0.3, 0.4) is 0 Å². The first kappa shape index (κ1) is 19.8. The molecule has 0 aliphatic heterocycles. The van der Waals surface area contributed by atoms with Crippen LogP contribution >= 0.6 is 11.6 Å². The van der Waals surface area contributed by atoms with E-state index in [0.29, 0.717) is 32.9 Å². The second-order valence-corrected chi connectivity index (χ2v) is 7.38. The molecule has 0 unspecified atom stereocenters. The zero-order chi connectivity index (χ0) is 21.4. The van der Waals surface area contributed by atoms with Gasteiger partial charge < -0.3 is 9.67 Å². The minimum Gasteiger partial charge on any atom is -0.480 e. The van der Waals surface area contributed by atoms with Gasteiger partial charge >= 0.3 is 5.97 Å². The van der Waals surface area contributed by atoms with Crippen molar-refractivity contribution in [3.63, 3.8) is 0 Å². The van der Waals surface area contributed by atoms with Gasteiger partial charge in [0.2, 0.25) is 0 Å². The van der Waals surface area contributed by atoms with E-state index >= 15 is 0 Å². The molecule has 0 spiro atoms. The molecule has 4 aromatic rings. The second-order valence-electron chi connectivity index (χ2n) is 6.94. The molecular weight excluding hydrogens is 409 g/mol. The van der Waals surface area contributed by atoms with E-state index in [4.69, 9.17) is 11.6 Å². The third-order valence-corrected chi connectivity index (χ3v) is 5.20. The molecule has 0 amide bonds. The van der Waals surface area contributed by atoms with Crippen molar-refractivity contribution in [2.24, 2.45) is 0 Å². The Balaban J connectivity index is 1.87. The van der Waals surface area contributed by atoms with Crippen LogP contribution < -0.4 is 5.56 Å². The number of hydrogen-bond donors (Lipinski definition) is 1. The highest BCUT2D eigenvalue weighted by molar-refractivity contribution is 6.30. The van der Waals surface area contributed by atoms with Gasteiger partial charge in [0.05, 0.1) is 12.2 Å². The van der Waals surface area contributed by atoms with Crippen LogP contribution in [0.4, 0.5) is 4.39 Å². The monoisotopic (exact) mass is 425 g/mol. The molecule has 4 rings (SSSR count). The number of hydrogen-bond acceptors (Lipinski definition) is 3. The fourth-order valence-corrected chi connectivity index (χ4v) is 3.70. The highest BCUT2D eigenvalue weighted by atomic mass is 35.5. The third kappa shape index (κ3) is 3.71. The van der Waals surface area contributed by atoms with E-state index in [0.717, 1.165) is 5.56 Å². The molecule has 6 nitrogen and oxygen atoms in total. The van der Waals surface area contributed by atoms with Crippen LogP contribution in [0.2, 0.25) is 5.02 Å². The number of benzene rings is 2. The number of carboxylic acids is 1. The number of aliphatic carboxylic acids is 1. The van der Waals surface area contributed by atoms with E-state index in [-0.39, 0.29) is 18.6 Å². The fraction of sp³-hybridized carbons (Fsp3) is 0.136. The summed E-state index contributed by atoms with van der Waals surface area (Å²) < 4.78 is 16.9. The number of nitrogens with zero attached hydrogens (tertiary/aromatic N) is 3. The average molecular weight is 426 g/mol. The van der Waals surface area contributed by atoms with Gasteiger partial charge in [-0.05, 0) is 48.9 Å². The number of aromatic nitrogens is 3. The van der Waals surface area contributed by atoms with Gasteiger partial charge in [-0.1, -0.05) is 23.7 Å². The van der Waals surface area contributed by atoms with E-state index < -0.39 is 11.8 Å². The molecule has 2 aromatic heterocycles. The van der Waals surface area contributed by atoms with E-state index in [2.05, 4.69) is 5.10 Å². The largest absolute Gasteiger partial charge is 0.480 e. The Bertz CT molecular complexity index is 1330. The molecule has 30 heavy (non-hydrogen) atoms. The maximum atomic E-state index is 14.0. The highest BCUT2D eigenvalue weighted by Crippen LogP contribution is 2.33. The molecule has 2 heterocycles. The number of halogens is 2. The van der Waals surface area contributed by atoms with Crippen LogP contribution in [0.5, 0.6) is 0 Å². The minimum atomic E-state index is -1.01. The van der Waals surface area contributed by atoms with E-state index in [1.807, 2.05) is 12.1 Å². The van der Waals surface area contributed by atoms with Gasteiger partial charge in [-0.15, -0.1) is 0 Å². The van der Waals surface area contributed by atoms with Crippen LogP contribution in [0.15, 0.2) is 59.4 Å². The predicted molar refractivity (Wildman–Crippen MR) is 112 cm³/mol. The van der Waals surface area contributed by atoms with Crippen molar-refractivity contribution in [3.05, 3.63) is 87.0 Å². The van der Waals surface area contributed by atoms with Crippen LogP contribution in [0, 0.1) is 12.7 Å². The van der Waals surface area contributed by atoms with Gasteiger partial charge in [0.15, 0.2) is 0 Å². The van der Waals surface area contributed by atoms with E-state index in [9.17, 15) is 19.1 Å². The Morgan fingerprint density at radius 1 is 1.13 bits per heavy atom. The van der Waals surface area contributed by atoms with E-state index in [1.165, 1.54) is 22.9 Å². The zero-order valence-corrected chi connectivity index (χ0v) is 16.7. The molecule has 0 fully saturated rings. The summed E-state index contributed by atoms with van der Waals surface area (Å²) in [7, 11) is 0. The Kier molecular flexibility index (Phi) is 5.13. The molecular formula is C22H17ClFN3O3. The third-order valence-electron chi connectivity index (χ3n) is 4.95. The lowest BCUT2D eigenvalue weighted by Crippen LogP contribution is -2.22. The van der Waals surface area contributed by atoms with Crippen LogP contribution in [-0.4, -0.2) is 25.4 Å². The van der Waals surface area contributed by atoms with Crippen molar-refractivity contribution < 1.29 is 14.3 Å². The normalized spacial score (nSPS) is 11.2. The molecule has 2 aromatic carbocycles. The van der Waals surface area contributed by atoms with E-state index in [1.54, 1.807) is 35.8 Å². The molecule has 0 bridgehead atoms. The first-order chi connectivity index (χ1) is 14.3. The Morgan fingerprint density at radius 2 is 1.87 bits per heavy atom. The first-order valence-electron chi connectivity index (χ1n) is 9.16. The molecule has 0 radical (unpaired) electrons. The summed E-state index contributed by atoms with van der Waals surface area (Å²) >= 11 is 5.92. The highest BCUT2D eigenvalue weighted by Gasteiger charge is 2.19. The van der Waals surface area contributed by atoms with Crippen LogP contribution in [0.25, 0.3) is 22.2 Å². The summed E-state index contributed by atoms with van der Waals surface area (Å²) in [4.78, 5) is 23.7. The van der Waals surface area contributed by atoms with Crippen molar-refractivity contribution in [1.29, 1.82) is 0 Å². The molecule has 0 aliphatic carbocycles. The standard InChI is InChI=1S/C22H17ClFN3O3/c1-13-22(17-10-16(24)6-8-19(17)26(13)12-21(29)30)18-7-9-20(28)27(25-18)11-14-2-4-15(23)5-3-14/h2-10H,11-12H2,1H3,(H,29,30). The molecule has 0 aliphatic rings. The van der Waals surface area contributed by atoms with Gasteiger partial charge in [0.25, 0.3) is 5.56 Å². The number of carboxylic acid groups (broad SMARTS) is 1. The van der Waals surface area contributed by atoms with Gasteiger partial charge in [0, 0.05) is 33.2 Å². The smallest absolute Gasteiger partial charge is 0.323 e. The lowest BCUT2D eigenvalue weighted by molar-refractivity contribution is -0.137. The molecule has 8 heteroatoms. The molecule has 0 saturated heterocycles. The maximum Gasteiger partial charge on any atom is 0.323 e. The fourth-order valence-electron chi connectivity index (χ4n) is 3.58. The quantitative estimate of drug-likeness (QED) is 0.522. The predicted octanol–water partition coefficient (Wildman–Crippen LogP) is 4.10. The number of rotatable bonds is 5. The number of fused-ring (bicyclic) bond motifs is 1. The average Bonchev–Trinajstić information content (AvgIpc) is 2.96. The Labute approximate surface area is 175 Å². The summed E-state index contributed by atoms with van der Waals surface area (Å²) in [6, 6.07) is 14.2. The Morgan fingerprint density at radius 3 is 2.57 bits per heavy atom. The summed E-state index contributed by atoms with van der Waals surface area (Å²) in [6.45, 7) is 1.73. The summed E-state index contributed by atoms with van der Waals surface area (Å²) in [6.07, 6.45) is 0. The first-order valence-corrected chi connectivity index (χ1v) is 9.54. The van der Waals surface area contributed by atoms with Gasteiger partial charge in [-0.3, -0.25) is 9.59 Å². The van der Waals surface area contributed by atoms with Gasteiger partial charge in [-0.2, -0.15) is 5.10 Å². The molecule has 1 N–H and O–H groups in total. The van der Waals surface area contributed by atoms with Gasteiger partial charge in [-0.25, -0.2) is 9.07 Å². The Hall–Kier alpha value is -3.45. The topological polar surface area (TPSA) is 77.1 Å². The summed E-state index contributed by atoms with van der Waals surface area (Å²) in [5.41, 5.74) is 2.83. The second kappa shape index (κ2) is 7.76. The van der Waals surface area contributed by atoms with Crippen molar-refractivity contribution in [2.75, 3.05) is 0 Å². The van der Waals surface area contributed by atoms with Crippen LogP contribution in [0.1, 0.15) is 11.3 Å².